The summed E-state index contributed by atoms with van der Waals surface area (Å²) >= 11 is 1.75. The van der Waals surface area contributed by atoms with Crippen molar-refractivity contribution in [1.29, 1.82) is 0 Å². The van der Waals surface area contributed by atoms with E-state index in [1.165, 1.54) is 4.88 Å². The van der Waals surface area contributed by atoms with Crippen molar-refractivity contribution in [2.75, 3.05) is 0 Å². The molecular formula is C13H21NOS. The number of hydrogen-bond donors (Lipinski definition) is 0. The summed E-state index contributed by atoms with van der Waals surface area (Å²) in [6, 6.07) is 4.60. The first kappa shape index (κ1) is 13.4. The molecule has 0 radical (unpaired) electrons. The number of carbonyl (C=O) groups excluding carboxylic acids is 1. The molecule has 0 aliphatic carbocycles. The summed E-state index contributed by atoms with van der Waals surface area (Å²) < 4.78 is 0. The number of rotatable bonds is 6. The van der Waals surface area contributed by atoms with Crippen LogP contribution < -0.4 is 0 Å². The predicted molar refractivity (Wildman–Crippen MR) is 69.8 cm³/mol. The van der Waals surface area contributed by atoms with Gasteiger partial charge in [-0.15, -0.1) is 11.3 Å². The molecule has 0 aliphatic rings. The Labute approximate surface area is 102 Å². The molecule has 1 atom stereocenters. The zero-order valence-corrected chi connectivity index (χ0v) is 11.4. The highest BCUT2D eigenvalue weighted by atomic mass is 32.1. The average molecular weight is 239 g/mol. The normalized spacial score (nSPS) is 13.4. The van der Waals surface area contributed by atoms with Gasteiger partial charge in [-0.2, -0.15) is 0 Å². The molecule has 1 aromatic heterocycles. The highest BCUT2D eigenvalue weighted by molar-refractivity contribution is 7.09. The molecule has 1 heterocycles. The topological polar surface area (TPSA) is 20.3 Å². The minimum atomic E-state index is 0.0205. The van der Waals surface area contributed by atoms with E-state index in [0.717, 1.165) is 6.54 Å². The number of ketones is 1. The minimum Gasteiger partial charge on any atom is -0.298 e. The molecule has 2 nitrogen and oxygen atoms in total. The molecule has 0 fully saturated rings. The molecule has 0 aliphatic heterocycles. The van der Waals surface area contributed by atoms with Crippen LogP contribution >= 0.6 is 11.3 Å². The predicted octanol–water partition coefficient (Wildman–Crippen LogP) is 3.33. The molecule has 0 N–H and O–H groups in total. The summed E-state index contributed by atoms with van der Waals surface area (Å²) in [6.07, 6.45) is 0.620. The van der Waals surface area contributed by atoms with E-state index in [0.29, 0.717) is 18.2 Å². The van der Waals surface area contributed by atoms with Crippen LogP contribution in [-0.2, 0) is 11.3 Å². The van der Waals surface area contributed by atoms with Gasteiger partial charge >= 0.3 is 0 Å². The summed E-state index contributed by atoms with van der Waals surface area (Å²) in [4.78, 5) is 15.3. The van der Waals surface area contributed by atoms with Gasteiger partial charge in [0.1, 0.15) is 5.78 Å². The Morgan fingerprint density at radius 3 is 2.56 bits per heavy atom. The lowest BCUT2D eigenvalue weighted by Crippen LogP contribution is -2.42. The first-order chi connectivity index (χ1) is 7.56. The largest absolute Gasteiger partial charge is 0.298 e. The Morgan fingerprint density at radius 1 is 1.44 bits per heavy atom. The smallest absolute Gasteiger partial charge is 0.149 e. The summed E-state index contributed by atoms with van der Waals surface area (Å²) in [6.45, 7) is 9.12. The Morgan fingerprint density at radius 2 is 2.12 bits per heavy atom. The third kappa shape index (κ3) is 3.42. The van der Waals surface area contributed by atoms with Gasteiger partial charge in [0.05, 0.1) is 6.04 Å². The van der Waals surface area contributed by atoms with E-state index in [-0.39, 0.29) is 6.04 Å². The van der Waals surface area contributed by atoms with Crippen molar-refractivity contribution in [1.82, 2.24) is 4.90 Å². The molecule has 1 rings (SSSR count). The van der Waals surface area contributed by atoms with Crippen LogP contribution in [0.25, 0.3) is 0 Å². The Kier molecular flexibility index (Phi) is 5.16. The Bertz CT molecular complexity index is 319. The molecule has 3 heteroatoms. The average Bonchev–Trinajstić information content (AvgIpc) is 2.76. The second-order valence-corrected chi connectivity index (χ2v) is 5.37. The van der Waals surface area contributed by atoms with Crippen LogP contribution in [0, 0.1) is 0 Å². The maximum Gasteiger partial charge on any atom is 0.149 e. The van der Waals surface area contributed by atoms with Gasteiger partial charge in [0.25, 0.3) is 0 Å². The number of carbonyl (C=O) groups is 1. The SMILES string of the molecule is CCC(=O)C(C)N(Cc1cccs1)C(C)C. The molecule has 90 valence electrons. The van der Waals surface area contributed by atoms with Gasteiger partial charge in [-0.05, 0) is 32.2 Å². The van der Waals surface area contributed by atoms with Crippen molar-refractivity contribution < 1.29 is 4.79 Å². The minimum absolute atomic E-state index is 0.0205. The fourth-order valence-corrected chi connectivity index (χ4v) is 2.54. The van der Waals surface area contributed by atoms with E-state index in [9.17, 15) is 4.79 Å². The zero-order valence-electron chi connectivity index (χ0n) is 10.6. The molecule has 0 amide bonds. The number of nitrogens with zero attached hydrogens (tertiary/aromatic N) is 1. The lowest BCUT2D eigenvalue weighted by Gasteiger charge is -2.31. The van der Waals surface area contributed by atoms with Crippen molar-refractivity contribution in [3.63, 3.8) is 0 Å². The number of thiophene rings is 1. The zero-order chi connectivity index (χ0) is 12.1. The van der Waals surface area contributed by atoms with E-state index in [2.05, 4.69) is 36.3 Å². The van der Waals surface area contributed by atoms with E-state index in [4.69, 9.17) is 0 Å². The van der Waals surface area contributed by atoms with Crippen molar-refractivity contribution in [2.24, 2.45) is 0 Å². The van der Waals surface area contributed by atoms with Crippen LogP contribution in [0.3, 0.4) is 0 Å². The number of Topliss-reactive ketones (excluding diaryl/α,β-unsaturated/α-hetero) is 1. The first-order valence-corrected chi connectivity index (χ1v) is 6.75. The fourth-order valence-electron chi connectivity index (χ4n) is 1.83. The van der Waals surface area contributed by atoms with Gasteiger partial charge in [0, 0.05) is 23.9 Å². The summed E-state index contributed by atoms with van der Waals surface area (Å²) in [5.41, 5.74) is 0. The molecule has 0 spiro atoms. The first-order valence-electron chi connectivity index (χ1n) is 5.87. The monoisotopic (exact) mass is 239 g/mol. The lowest BCUT2D eigenvalue weighted by molar-refractivity contribution is -0.124. The quantitative estimate of drug-likeness (QED) is 0.759. The summed E-state index contributed by atoms with van der Waals surface area (Å²) in [7, 11) is 0. The molecule has 0 saturated heterocycles. The molecule has 0 bridgehead atoms. The Hall–Kier alpha value is -0.670. The second kappa shape index (κ2) is 6.16. The molecule has 1 unspecified atom stereocenters. The van der Waals surface area contributed by atoms with Gasteiger partial charge in [0.2, 0.25) is 0 Å². The van der Waals surface area contributed by atoms with Gasteiger partial charge in [-0.3, -0.25) is 9.69 Å². The van der Waals surface area contributed by atoms with Crippen LogP contribution in [0.2, 0.25) is 0 Å². The van der Waals surface area contributed by atoms with Crippen LogP contribution in [0.4, 0.5) is 0 Å². The molecule has 0 aromatic carbocycles. The van der Waals surface area contributed by atoms with Crippen molar-refractivity contribution >= 4 is 17.1 Å². The van der Waals surface area contributed by atoms with E-state index in [1.54, 1.807) is 11.3 Å². The molecular weight excluding hydrogens is 218 g/mol. The van der Waals surface area contributed by atoms with Crippen molar-refractivity contribution in [3.8, 4) is 0 Å². The maximum absolute atomic E-state index is 11.7. The van der Waals surface area contributed by atoms with Crippen molar-refractivity contribution in [2.45, 2.75) is 52.7 Å². The summed E-state index contributed by atoms with van der Waals surface area (Å²) in [5.74, 6) is 0.324. The van der Waals surface area contributed by atoms with Crippen LogP contribution in [0.15, 0.2) is 17.5 Å². The fraction of sp³-hybridized carbons (Fsp3) is 0.615. The van der Waals surface area contributed by atoms with E-state index < -0.39 is 0 Å². The highest BCUT2D eigenvalue weighted by Crippen LogP contribution is 2.17. The molecule has 1 aromatic rings. The maximum atomic E-state index is 11.7. The lowest BCUT2D eigenvalue weighted by atomic mass is 10.1. The molecule has 0 saturated carbocycles. The highest BCUT2D eigenvalue weighted by Gasteiger charge is 2.22. The number of hydrogen-bond acceptors (Lipinski definition) is 3. The third-order valence-corrected chi connectivity index (χ3v) is 3.75. The van der Waals surface area contributed by atoms with E-state index >= 15 is 0 Å². The van der Waals surface area contributed by atoms with Gasteiger partial charge < -0.3 is 0 Å². The van der Waals surface area contributed by atoms with Crippen molar-refractivity contribution in [3.05, 3.63) is 22.4 Å². The second-order valence-electron chi connectivity index (χ2n) is 4.34. The van der Waals surface area contributed by atoms with Crippen LogP contribution in [0.1, 0.15) is 39.0 Å². The van der Waals surface area contributed by atoms with E-state index in [1.807, 2.05) is 13.8 Å². The third-order valence-electron chi connectivity index (χ3n) is 2.89. The Balaban J connectivity index is 2.71. The standard InChI is InChI=1S/C13H21NOS/c1-5-13(15)11(4)14(10(2)3)9-12-7-6-8-16-12/h6-8,10-11H,5,9H2,1-4H3. The van der Waals surface area contributed by atoms with Gasteiger partial charge in [-0.1, -0.05) is 13.0 Å². The summed E-state index contributed by atoms with van der Waals surface area (Å²) in [5, 5.41) is 2.08. The van der Waals surface area contributed by atoms with Gasteiger partial charge in [0.15, 0.2) is 0 Å². The van der Waals surface area contributed by atoms with Crippen LogP contribution in [-0.4, -0.2) is 22.8 Å². The molecule has 16 heavy (non-hydrogen) atoms. The van der Waals surface area contributed by atoms with Crippen LogP contribution in [0.5, 0.6) is 0 Å². The van der Waals surface area contributed by atoms with Gasteiger partial charge in [-0.25, -0.2) is 0 Å².